The molecule has 0 saturated carbocycles. The van der Waals surface area contributed by atoms with Crippen LogP contribution in [0.2, 0.25) is 0 Å². The number of aliphatic hydroxyl groups excluding tert-OH is 1. The minimum absolute atomic E-state index is 0.0724. The Hall–Kier alpha value is -1.12. The molecular formula is C14H21N3O13P3S-. The highest BCUT2D eigenvalue weighted by molar-refractivity contribution is 7.89. The lowest BCUT2D eigenvalue weighted by Crippen LogP contribution is -2.60. The van der Waals surface area contributed by atoms with E-state index in [2.05, 4.69) is 24.7 Å². The molecule has 0 bridgehead atoms. The van der Waals surface area contributed by atoms with Gasteiger partial charge in [-0.3, -0.25) is 9.09 Å². The summed E-state index contributed by atoms with van der Waals surface area (Å²) < 4.78 is 52.1. The summed E-state index contributed by atoms with van der Waals surface area (Å²) in [4.78, 5) is 52.3. The molecule has 3 unspecified atom stereocenters. The van der Waals surface area contributed by atoms with Crippen molar-refractivity contribution in [1.82, 2.24) is 9.55 Å². The van der Waals surface area contributed by atoms with Crippen molar-refractivity contribution in [3.8, 4) is 5.69 Å². The maximum Gasteiger partial charge on any atom is 0.490 e. The minimum atomic E-state index is -5.76. The van der Waals surface area contributed by atoms with Crippen LogP contribution in [0.5, 0.6) is 0 Å². The van der Waals surface area contributed by atoms with Crippen LogP contribution in [0.15, 0.2) is 29.7 Å². The number of rotatable bonds is 9. The summed E-state index contributed by atoms with van der Waals surface area (Å²) in [5.74, 6) is 0.397. The van der Waals surface area contributed by atoms with Crippen molar-refractivity contribution in [3.05, 3.63) is 35.4 Å². The first kappa shape index (κ1) is 27.5. The minimum Gasteiger partial charge on any atom is -0.445 e. The number of hydrogen-bond donors (Lipinski definition) is 6. The van der Waals surface area contributed by atoms with Crippen LogP contribution in [0.25, 0.3) is 0 Å². The summed E-state index contributed by atoms with van der Waals surface area (Å²) >= 11 is 0. The monoisotopic (exact) mass is 564 g/mol. The highest BCUT2D eigenvalue weighted by atomic mass is 32.2. The summed E-state index contributed by atoms with van der Waals surface area (Å²) in [6, 6.07) is 1.30. The van der Waals surface area contributed by atoms with E-state index < -0.39 is 68.7 Å². The first-order chi connectivity index (χ1) is 15.5. The Kier molecular flexibility index (Phi) is 7.33. The number of anilines is 1. The lowest BCUT2D eigenvalue weighted by molar-refractivity contribution is -0.0960. The molecule has 2 aliphatic heterocycles. The second-order valence-corrected chi connectivity index (χ2v) is 13.7. The van der Waals surface area contributed by atoms with Gasteiger partial charge in [0, 0.05) is 6.20 Å². The van der Waals surface area contributed by atoms with Crippen LogP contribution < -0.4 is 11.4 Å². The Bertz CT molecular complexity index is 1270. The molecule has 3 heterocycles. The van der Waals surface area contributed by atoms with Crippen LogP contribution in [-0.2, 0) is 41.9 Å². The smallest absolute Gasteiger partial charge is 0.445 e. The molecule has 1 spiro atoms. The van der Waals surface area contributed by atoms with E-state index in [0.717, 1.165) is 10.6 Å². The number of phosphoric acid groups is 3. The molecule has 34 heavy (non-hydrogen) atoms. The molecule has 0 radical (unpaired) electrons. The number of nitrogens with zero attached hydrogens (tertiary/aromatic N) is 2. The van der Waals surface area contributed by atoms with Gasteiger partial charge in [0.15, 0.2) is 0 Å². The Morgan fingerprint density at radius 3 is 2.44 bits per heavy atom. The molecule has 20 heteroatoms. The summed E-state index contributed by atoms with van der Waals surface area (Å²) in [5.41, 5.74) is 8.88. The molecular weight excluding hydrogens is 543 g/mol. The van der Waals surface area contributed by atoms with Crippen molar-refractivity contribution in [2.24, 2.45) is 0 Å². The Labute approximate surface area is 194 Å². The van der Waals surface area contributed by atoms with E-state index in [9.17, 15) is 33.4 Å². The molecule has 6 atom stereocenters. The van der Waals surface area contributed by atoms with E-state index in [0.29, 0.717) is 5.75 Å². The van der Waals surface area contributed by atoms with Gasteiger partial charge in [0.1, 0.15) is 17.6 Å². The number of nitrogens with two attached hydrogens (primary N) is 1. The largest absolute Gasteiger partial charge is 0.490 e. The number of nitrogen functional groups attached to an aromatic ring is 1. The van der Waals surface area contributed by atoms with Crippen LogP contribution in [-0.4, -0.2) is 63.0 Å². The predicted octanol–water partition coefficient (Wildman–Crippen LogP) is -0.667. The van der Waals surface area contributed by atoms with Crippen molar-refractivity contribution in [3.63, 3.8) is 0 Å². The van der Waals surface area contributed by atoms with E-state index >= 15 is 0 Å². The quantitative estimate of drug-likeness (QED) is 0.124. The highest BCUT2D eigenvalue weighted by Crippen LogP contribution is 2.66. The molecule has 1 aromatic rings. The van der Waals surface area contributed by atoms with Crippen molar-refractivity contribution in [1.29, 1.82) is 0 Å². The van der Waals surface area contributed by atoms with E-state index in [1.165, 1.54) is 12.3 Å². The third kappa shape index (κ3) is 5.19. The van der Waals surface area contributed by atoms with Crippen molar-refractivity contribution >= 4 is 39.6 Å². The van der Waals surface area contributed by atoms with Gasteiger partial charge in [0.2, 0.25) is 0 Å². The summed E-state index contributed by atoms with van der Waals surface area (Å²) in [6.07, 6.45) is -0.218. The standard InChI is InChI=1S/C14H21N3O13P3S/c1-3-13(8-27-32(23,24)30-33(25,26)29-31(20,21)22)10(18)14(5-7-34(14)2)11(28-13)17-6-4-9(15)16-12(17)19/h2-4,6,10-11,18H,1,5,7-8H2,(H,23,24)(H,25,26)(H2,15,16,19)(H2,20,21,22)/q-1/t10-,11-,13?,14-/m1/s1. The summed E-state index contributed by atoms with van der Waals surface area (Å²) in [6.45, 7) is 2.51. The molecule has 3 rings (SSSR count). The van der Waals surface area contributed by atoms with Crippen LogP contribution in [0.1, 0.15) is 12.6 Å². The summed E-state index contributed by atoms with van der Waals surface area (Å²) in [5, 5.41) is 11.2. The van der Waals surface area contributed by atoms with Crippen molar-refractivity contribution in [2.75, 3.05) is 18.1 Å². The van der Waals surface area contributed by atoms with E-state index in [-0.39, 0.29) is 12.2 Å². The molecule has 0 aromatic carbocycles. The van der Waals surface area contributed by atoms with Gasteiger partial charge < -0.3 is 51.1 Å². The fourth-order valence-corrected chi connectivity index (χ4v) is 8.50. The first-order valence-electron chi connectivity index (χ1n) is 9.05. The second-order valence-electron chi connectivity index (χ2n) is 7.28. The van der Waals surface area contributed by atoms with Gasteiger partial charge in [-0.2, -0.15) is 13.6 Å². The van der Waals surface area contributed by atoms with Gasteiger partial charge in [-0.05, 0) is 10.8 Å². The van der Waals surface area contributed by atoms with E-state index in [4.69, 9.17) is 25.9 Å². The molecule has 7 N–H and O–H groups in total. The zero-order valence-electron chi connectivity index (χ0n) is 17.0. The molecule has 192 valence electrons. The van der Waals surface area contributed by atoms with Gasteiger partial charge in [0.25, 0.3) is 0 Å². The SMILES string of the molecule is C#[S-]1CC[C@]12[C@H](O)C(C=C)(COP(=O)(O)OP(=O)(O)OP(=O)(O)O)O[C@H]2n1ccc(N)nc1=O. The number of aliphatic hydroxyl groups is 1. The number of phosphoric ester groups is 1. The molecule has 0 aliphatic carbocycles. The molecule has 0 amide bonds. The van der Waals surface area contributed by atoms with E-state index in [1.807, 2.05) is 0 Å². The average molecular weight is 564 g/mol. The third-order valence-electron chi connectivity index (χ3n) is 5.19. The van der Waals surface area contributed by atoms with Crippen molar-refractivity contribution in [2.45, 2.75) is 29.1 Å². The number of aromatic nitrogens is 2. The lowest BCUT2D eigenvalue weighted by Gasteiger charge is -2.57. The number of ether oxygens (including phenoxy) is 1. The Morgan fingerprint density at radius 2 is 1.97 bits per heavy atom. The fourth-order valence-electron chi connectivity index (χ4n) is 3.62. The topological polar surface area (TPSA) is 250 Å². The molecule has 2 saturated heterocycles. The van der Waals surface area contributed by atoms with Gasteiger partial charge in [0.05, 0.1) is 12.7 Å². The molecule has 16 nitrogen and oxygen atoms in total. The third-order valence-corrected chi connectivity index (χ3v) is 11.2. The van der Waals surface area contributed by atoms with Crippen LogP contribution in [0, 0.1) is 5.69 Å². The predicted molar refractivity (Wildman–Crippen MR) is 116 cm³/mol. The van der Waals surface area contributed by atoms with Crippen LogP contribution in [0.3, 0.4) is 0 Å². The zero-order chi connectivity index (χ0) is 25.7. The molecule has 2 aliphatic rings. The first-order valence-corrected chi connectivity index (χ1v) is 15.0. The Balaban J connectivity index is 1.90. The lowest BCUT2D eigenvalue weighted by atomic mass is 9.87. The maximum atomic E-state index is 12.4. The molecule has 2 fully saturated rings. The second kappa shape index (κ2) is 9.07. The van der Waals surface area contributed by atoms with Gasteiger partial charge in [-0.15, -0.1) is 12.3 Å². The maximum absolute atomic E-state index is 12.4. The van der Waals surface area contributed by atoms with Gasteiger partial charge in [-0.25, -0.2) is 18.5 Å². The van der Waals surface area contributed by atoms with Gasteiger partial charge >= 0.3 is 29.2 Å². The normalized spacial score (nSPS) is 33.2. The fraction of sp³-hybridized carbons (Fsp3) is 0.500. The van der Waals surface area contributed by atoms with E-state index in [1.54, 1.807) is 0 Å². The van der Waals surface area contributed by atoms with Crippen LogP contribution >= 0.6 is 23.5 Å². The Morgan fingerprint density at radius 1 is 1.32 bits per heavy atom. The zero-order valence-corrected chi connectivity index (χ0v) is 20.5. The summed E-state index contributed by atoms with van der Waals surface area (Å²) in [7, 11) is -17.9. The average Bonchev–Trinajstić information content (AvgIpc) is 2.93. The molecule has 1 aromatic heterocycles. The van der Waals surface area contributed by atoms with Gasteiger partial charge in [-0.1, -0.05) is 12.5 Å². The van der Waals surface area contributed by atoms with Crippen molar-refractivity contribution < 1.29 is 56.3 Å². The number of hydrogen-bond acceptors (Lipinski definition) is 12. The highest BCUT2D eigenvalue weighted by Gasteiger charge is 2.62. The van der Waals surface area contributed by atoms with Crippen LogP contribution in [0.4, 0.5) is 5.82 Å².